The summed E-state index contributed by atoms with van der Waals surface area (Å²) in [5.41, 5.74) is 2.73. The Morgan fingerprint density at radius 2 is 2.10 bits per heavy atom. The van der Waals surface area contributed by atoms with Crippen molar-refractivity contribution in [2.45, 2.75) is 30.4 Å². The highest BCUT2D eigenvalue weighted by molar-refractivity contribution is 7.91. The summed E-state index contributed by atoms with van der Waals surface area (Å²) < 4.78 is 33.2. The van der Waals surface area contributed by atoms with Crippen molar-refractivity contribution in [2.75, 3.05) is 24.5 Å². The van der Waals surface area contributed by atoms with E-state index in [2.05, 4.69) is 10.1 Å². The highest BCUT2D eigenvalue weighted by atomic mass is 32.2. The van der Waals surface area contributed by atoms with Gasteiger partial charge in [0.25, 0.3) is 10.0 Å². The van der Waals surface area contributed by atoms with E-state index in [0.717, 1.165) is 23.4 Å². The number of aryl methyl sites for hydroxylation is 1. The first kappa shape index (κ1) is 20.3. The van der Waals surface area contributed by atoms with Crippen molar-refractivity contribution in [3.63, 3.8) is 0 Å². The summed E-state index contributed by atoms with van der Waals surface area (Å²) in [5.74, 6) is 0.467. The van der Waals surface area contributed by atoms with Gasteiger partial charge in [-0.25, -0.2) is 8.42 Å². The number of thiophene rings is 1. The molecule has 0 spiro atoms. The van der Waals surface area contributed by atoms with Crippen LogP contribution in [0, 0.1) is 12.8 Å². The number of nitrogens with zero attached hydrogens (tertiary/aromatic N) is 4. The van der Waals surface area contributed by atoms with Crippen molar-refractivity contribution in [3.8, 4) is 11.4 Å². The van der Waals surface area contributed by atoms with Crippen LogP contribution in [0.5, 0.6) is 0 Å². The molecule has 2 aromatic heterocycles. The van der Waals surface area contributed by atoms with Crippen LogP contribution in [0.15, 0.2) is 44.4 Å². The molecule has 4 heterocycles. The maximum atomic E-state index is 13.3. The van der Waals surface area contributed by atoms with Crippen molar-refractivity contribution < 1.29 is 17.7 Å². The molecule has 1 saturated heterocycles. The molecule has 1 fully saturated rings. The van der Waals surface area contributed by atoms with Gasteiger partial charge in [-0.15, -0.1) is 11.3 Å². The Hall–Kier alpha value is -2.56. The summed E-state index contributed by atoms with van der Waals surface area (Å²) in [6, 6.07) is 9.49. The number of hydrogen-bond donors (Lipinski definition) is 0. The molecular formula is C21H22N4O4S2. The first-order valence-electron chi connectivity index (χ1n) is 10.2. The van der Waals surface area contributed by atoms with Gasteiger partial charge < -0.3 is 9.42 Å². The van der Waals surface area contributed by atoms with Crippen LogP contribution in [-0.2, 0) is 21.2 Å². The third kappa shape index (κ3) is 3.68. The fraction of sp³-hybridized carbons (Fsp3) is 0.381. The van der Waals surface area contributed by atoms with E-state index in [1.165, 1.54) is 9.87 Å². The van der Waals surface area contributed by atoms with E-state index in [-0.39, 0.29) is 22.6 Å². The zero-order valence-electron chi connectivity index (χ0n) is 17.0. The van der Waals surface area contributed by atoms with E-state index in [1.54, 1.807) is 18.4 Å². The van der Waals surface area contributed by atoms with Crippen LogP contribution in [0.4, 0.5) is 5.69 Å². The number of aromatic nitrogens is 2. The molecule has 0 N–H and O–H groups in total. The highest BCUT2D eigenvalue weighted by Gasteiger charge is 2.37. The average molecular weight is 459 g/mol. The van der Waals surface area contributed by atoms with E-state index in [1.807, 2.05) is 29.2 Å². The fourth-order valence-electron chi connectivity index (χ4n) is 4.26. The molecule has 0 unspecified atom stereocenters. The zero-order valence-corrected chi connectivity index (χ0v) is 18.7. The van der Waals surface area contributed by atoms with Gasteiger partial charge in [-0.05, 0) is 37.0 Å². The molecule has 3 aromatic rings. The number of carbonyl (C=O) groups excluding carboxylic acids is 1. The van der Waals surface area contributed by atoms with Gasteiger partial charge in [-0.3, -0.25) is 4.79 Å². The highest BCUT2D eigenvalue weighted by Crippen LogP contribution is 2.34. The van der Waals surface area contributed by atoms with Gasteiger partial charge in [0.1, 0.15) is 4.21 Å². The maximum Gasteiger partial charge on any atom is 0.252 e. The zero-order chi connectivity index (χ0) is 21.6. The summed E-state index contributed by atoms with van der Waals surface area (Å²) in [5, 5.41) is 5.57. The number of piperidine rings is 1. The maximum absolute atomic E-state index is 13.3. The van der Waals surface area contributed by atoms with Crippen LogP contribution in [0.3, 0.4) is 0 Å². The van der Waals surface area contributed by atoms with E-state index in [4.69, 9.17) is 4.52 Å². The molecule has 0 radical (unpaired) electrons. The Kier molecular flexibility index (Phi) is 5.15. The molecule has 2 aliphatic rings. The van der Waals surface area contributed by atoms with E-state index >= 15 is 0 Å². The monoisotopic (exact) mass is 458 g/mol. The number of benzene rings is 1. The summed E-state index contributed by atoms with van der Waals surface area (Å²) in [4.78, 5) is 19.2. The van der Waals surface area contributed by atoms with Gasteiger partial charge in [-0.2, -0.15) is 9.29 Å². The molecule has 0 aliphatic carbocycles. The summed E-state index contributed by atoms with van der Waals surface area (Å²) in [6.07, 6.45) is 2.19. The molecule has 5 rings (SSSR count). The number of sulfonamides is 1. The molecule has 0 saturated carbocycles. The second kappa shape index (κ2) is 7.85. The minimum Gasteiger partial charge on any atom is -0.339 e. The minimum absolute atomic E-state index is 0.0130. The SMILES string of the molecule is Cc1nc(-c2csc(S(=O)(=O)N3CCC[C@H](C(=O)N4CCc5ccccc54)C3)c2)no1. The van der Waals surface area contributed by atoms with Crippen molar-refractivity contribution in [1.82, 2.24) is 14.4 Å². The number of hydrogen-bond acceptors (Lipinski definition) is 7. The lowest BCUT2D eigenvalue weighted by molar-refractivity contribution is -0.123. The van der Waals surface area contributed by atoms with Gasteiger partial charge in [0.05, 0.1) is 5.92 Å². The number of rotatable bonds is 4. The first-order valence-corrected chi connectivity index (χ1v) is 12.5. The van der Waals surface area contributed by atoms with Gasteiger partial charge in [0.2, 0.25) is 17.6 Å². The molecule has 1 aromatic carbocycles. The van der Waals surface area contributed by atoms with Crippen molar-refractivity contribution in [2.24, 2.45) is 5.92 Å². The minimum atomic E-state index is -3.70. The van der Waals surface area contributed by atoms with Gasteiger partial charge in [0.15, 0.2) is 0 Å². The normalized spacial score (nSPS) is 19.5. The van der Waals surface area contributed by atoms with Gasteiger partial charge >= 0.3 is 0 Å². The van der Waals surface area contributed by atoms with Crippen molar-refractivity contribution in [3.05, 3.63) is 47.2 Å². The quantitative estimate of drug-likeness (QED) is 0.596. The summed E-state index contributed by atoms with van der Waals surface area (Å²) >= 11 is 1.13. The molecule has 31 heavy (non-hydrogen) atoms. The molecule has 1 atom stereocenters. The Morgan fingerprint density at radius 3 is 2.90 bits per heavy atom. The van der Waals surface area contributed by atoms with E-state index in [0.29, 0.717) is 43.2 Å². The lowest BCUT2D eigenvalue weighted by Crippen LogP contribution is -2.46. The molecule has 10 heteroatoms. The number of amides is 1. The second-order valence-electron chi connectivity index (χ2n) is 7.86. The molecule has 8 nitrogen and oxygen atoms in total. The number of carbonyl (C=O) groups is 1. The molecule has 2 aliphatic heterocycles. The number of para-hydroxylation sites is 1. The third-order valence-electron chi connectivity index (χ3n) is 5.84. The summed E-state index contributed by atoms with van der Waals surface area (Å²) in [7, 11) is -3.70. The molecular weight excluding hydrogens is 436 g/mol. The third-order valence-corrected chi connectivity index (χ3v) is 9.12. The number of fused-ring (bicyclic) bond motifs is 1. The van der Waals surface area contributed by atoms with Crippen LogP contribution in [0.25, 0.3) is 11.4 Å². The summed E-state index contributed by atoms with van der Waals surface area (Å²) in [6.45, 7) is 2.95. The van der Waals surface area contributed by atoms with Gasteiger partial charge in [-0.1, -0.05) is 23.4 Å². The predicted octanol–water partition coefficient (Wildman–Crippen LogP) is 3.10. The lowest BCUT2D eigenvalue weighted by Gasteiger charge is -2.33. The Labute approximate surface area is 184 Å². The average Bonchev–Trinajstić information content (AvgIpc) is 3.52. The van der Waals surface area contributed by atoms with Crippen LogP contribution < -0.4 is 4.90 Å². The Morgan fingerprint density at radius 1 is 1.26 bits per heavy atom. The van der Waals surface area contributed by atoms with Crippen LogP contribution in [0.2, 0.25) is 0 Å². The molecule has 0 bridgehead atoms. The van der Waals surface area contributed by atoms with Crippen LogP contribution in [0.1, 0.15) is 24.3 Å². The second-order valence-corrected chi connectivity index (χ2v) is 10.9. The lowest BCUT2D eigenvalue weighted by atomic mass is 9.98. The standard InChI is InChI=1S/C21H22N4O4S2/c1-14-22-20(23-29-14)17-11-19(30-13-17)31(27,28)24-9-4-6-16(12-24)21(26)25-10-8-15-5-2-3-7-18(15)25/h2-3,5,7,11,13,16H,4,6,8-10,12H2,1H3/t16-/m0/s1. The largest absolute Gasteiger partial charge is 0.339 e. The fourth-order valence-corrected chi connectivity index (χ4v) is 7.10. The molecule has 162 valence electrons. The van der Waals surface area contributed by atoms with E-state index in [9.17, 15) is 13.2 Å². The van der Waals surface area contributed by atoms with Crippen LogP contribution in [-0.4, -0.2) is 48.4 Å². The van der Waals surface area contributed by atoms with Crippen molar-refractivity contribution >= 4 is 33.0 Å². The number of anilines is 1. The Balaban J connectivity index is 1.34. The van der Waals surface area contributed by atoms with E-state index < -0.39 is 10.0 Å². The predicted molar refractivity (Wildman–Crippen MR) is 116 cm³/mol. The van der Waals surface area contributed by atoms with Crippen LogP contribution >= 0.6 is 11.3 Å². The first-order chi connectivity index (χ1) is 14.9. The smallest absolute Gasteiger partial charge is 0.252 e. The topological polar surface area (TPSA) is 96.6 Å². The molecule has 1 amide bonds. The van der Waals surface area contributed by atoms with Crippen molar-refractivity contribution in [1.29, 1.82) is 0 Å². The van der Waals surface area contributed by atoms with Gasteiger partial charge in [0, 0.05) is 43.2 Å². The Bertz CT molecular complexity index is 1230.